The van der Waals surface area contributed by atoms with E-state index in [0.29, 0.717) is 5.69 Å². The van der Waals surface area contributed by atoms with Gasteiger partial charge < -0.3 is 5.73 Å². The summed E-state index contributed by atoms with van der Waals surface area (Å²) in [7, 11) is 0. The van der Waals surface area contributed by atoms with Gasteiger partial charge in [-0.25, -0.2) is 0 Å². The monoisotopic (exact) mass is 246 g/mol. The first-order valence-corrected chi connectivity index (χ1v) is 6.71. The molecule has 1 aliphatic rings. The van der Waals surface area contributed by atoms with E-state index in [9.17, 15) is 0 Å². The summed E-state index contributed by atoms with van der Waals surface area (Å²) in [5.74, 6) is 0.924. The molecule has 0 unspecified atom stereocenters. The highest BCUT2D eigenvalue weighted by Gasteiger charge is 2.20. The Morgan fingerprint density at radius 1 is 1.56 bits per heavy atom. The number of aromatic nitrogens is 1. The van der Waals surface area contributed by atoms with E-state index in [2.05, 4.69) is 16.8 Å². The van der Waals surface area contributed by atoms with Crippen molar-refractivity contribution in [2.45, 2.75) is 32.7 Å². The van der Waals surface area contributed by atoms with E-state index >= 15 is 0 Å². The molecule has 0 saturated heterocycles. The van der Waals surface area contributed by atoms with Crippen LogP contribution in [0.15, 0.2) is 18.3 Å². The van der Waals surface area contributed by atoms with Gasteiger partial charge in [0.15, 0.2) is 0 Å². The Kier molecular flexibility index (Phi) is 4.31. The van der Waals surface area contributed by atoms with E-state index in [0.717, 1.165) is 31.1 Å². The third kappa shape index (κ3) is 3.07. The largest absolute Gasteiger partial charge is 0.382 e. The van der Waals surface area contributed by atoms with Crippen LogP contribution in [0.5, 0.6) is 0 Å². The van der Waals surface area contributed by atoms with Gasteiger partial charge in [0.05, 0.1) is 0 Å². The third-order valence-electron chi connectivity index (χ3n) is 3.73. The molecular weight excluding hydrogens is 224 g/mol. The lowest BCUT2D eigenvalue weighted by atomic mass is 9.85. The van der Waals surface area contributed by atoms with Crippen LogP contribution in [-0.2, 0) is 6.54 Å². The number of nitrogens with two attached hydrogens (primary N) is 1. The molecule has 1 saturated carbocycles. The van der Waals surface area contributed by atoms with Crippen molar-refractivity contribution < 1.29 is 0 Å². The lowest BCUT2D eigenvalue weighted by Gasteiger charge is -2.32. The number of nitrogens with one attached hydrogen (secondary N) is 1. The minimum Gasteiger partial charge on any atom is -0.382 e. The smallest absolute Gasteiger partial charge is 0.142 e. The predicted octanol–water partition coefficient (Wildman–Crippen LogP) is 1.99. The summed E-state index contributed by atoms with van der Waals surface area (Å²) < 4.78 is 0. The van der Waals surface area contributed by atoms with Crippen molar-refractivity contribution in [3.05, 3.63) is 29.6 Å². The lowest BCUT2D eigenvalue weighted by molar-refractivity contribution is 0.178. The number of nitrogen functional groups attached to an aromatic ring is 1. The number of pyridine rings is 1. The minimum atomic E-state index is 0.0605. The molecule has 2 rings (SSSR count). The maximum atomic E-state index is 7.56. The van der Waals surface area contributed by atoms with E-state index in [1.165, 1.54) is 19.3 Å². The molecule has 3 N–H and O–H groups in total. The fourth-order valence-electron chi connectivity index (χ4n) is 2.40. The van der Waals surface area contributed by atoms with Crippen molar-refractivity contribution in [1.82, 2.24) is 9.88 Å². The van der Waals surface area contributed by atoms with Crippen molar-refractivity contribution in [2.75, 3.05) is 13.1 Å². The highest BCUT2D eigenvalue weighted by molar-refractivity contribution is 5.94. The second-order valence-electron chi connectivity index (χ2n) is 5.05. The van der Waals surface area contributed by atoms with Crippen molar-refractivity contribution in [3.63, 3.8) is 0 Å². The standard InChI is InChI=1S/C14H22N4/c1-2-18(9-11-5-3-6-11)10-12-7-4-8-17-13(12)14(15)16/h4,7-8,11H,2-3,5-6,9-10H2,1H3,(H3,15,16). The van der Waals surface area contributed by atoms with E-state index in [1.807, 2.05) is 12.1 Å². The molecule has 1 aromatic rings. The Balaban J connectivity index is 2.03. The Labute approximate surface area is 109 Å². The zero-order valence-electron chi connectivity index (χ0n) is 11.0. The van der Waals surface area contributed by atoms with Crippen molar-refractivity contribution in [3.8, 4) is 0 Å². The van der Waals surface area contributed by atoms with E-state index in [4.69, 9.17) is 11.1 Å². The third-order valence-corrected chi connectivity index (χ3v) is 3.73. The van der Waals surface area contributed by atoms with Crippen LogP contribution in [0.2, 0.25) is 0 Å². The number of hydrogen-bond acceptors (Lipinski definition) is 3. The summed E-state index contributed by atoms with van der Waals surface area (Å²) in [5, 5.41) is 7.56. The molecule has 1 heterocycles. The van der Waals surface area contributed by atoms with Crippen LogP contribution in [-0.4, -0.2) is 28.8 Å². The number of rotatable bonds is 6. The summed E-state index contributed by atoms with van der Waals surface area (Å²) >= 11 is 0. The SMILES string of the molecule is CCN(Cc1cccnc1C(=N)N)CC1CCC1. The molecule has 0 aliphatic heterocycles. The molecule has 0 bridgehead atoms. The Morgan fingerprint density at radius 3 is 2.89 bits per heavy atom. The summed E-state index contributed by atoms with van der Waals surface area (Å²) in [5.41, 5.74) is 7.26. The van der Waals surface area contributed by atoms with Gasteiger partial charge in [-0.15, -0.1) is 0 Å². The predicted molar refractivity (Wildman–Crippen MR) is 73.5 cm³/mol. The average molecular weight is 246 g/mol. The van der Waals surface area contributed by atoms with Gasteiger partial charge >= 0.3 is 0 Å². The topological polar surface area (TPSA) is 66.0 Å². The van der Waals surface area contributed by atoms with Crippen LogP contribution in [0.25, 0.3) is 0 Å². The van der Waals surface area contributed by atoms with Gasteiger partial charge in [-0.2, -0.15) is 0 Å². The van der Waals surface area contributed by atoms with E-state index in [-0.39, 0.29) is 5.84 Å². The van der Waals surface area contributed by atoms with Crippen LogP contribution in [0.4, 0.5) is 0 Å². The number of hydrogen-bond donors (Lipinski definition) is 2. The molecule has 0 amide bonds. The van der Waals surface area contributed by atoms with E-state index < -0.39 is 0 Å². The fraction of sp³-hybridized carbons (Fsp3) is 0.571. The lowest BCUT2D eigenvalue weighted by Crippen LogP contribution is -2.33. The number of nitrogens with zero attached hydrogens (tertiary/aromatic N) is 2. The molecule has 1 fully saturated rings. The first kappa shape index (κ1) is 13.0. The Bertz CT molecular complexity index is 412. The molecule has 0 aromatic carbocycles. The number of amidine groups is 1. The van der Waals surface area contributed by atoms with Gasteiger partial charge in [0, 0.05) is 19.3 Å². The summed E-state index contributed by atoms with van der Waals surface area (Å²) in [6.45, 7) is 5.21. The fourth-order valence-corrected chi connectivity index (χ4v) is 2.40. The zero-order valence-corrected chi connectivity index (χ0v) is 11.0. The highest BCUT2D eigenvalue weighted by Crippen LogP contribution is 2.27. The molecular formula is C14H22N4. The van der Waals surface area contributed by atoms with Crippen LogP contribution < -0.4 is 5.73 Å². The van der Waals surface area contributed by atoms with Crippen molar-refractivity contribution in [1.29, 1.82) is 5.41 Å². The molecule has 18 heavy (non-hydrogen) atoms. The summed E-state index contributed by atoms with van der Waals surface area (Å²) in [6, 6.07) is 3.94. The van der Waals surface area contributed by atoms with Crippen molar-refractivity contribution >= 4 is 5.84 Å². The second-order valence-corrected chi connectivity index (χ2v) is 5.05. The first-order valence-electron chi connectivity index (χ1n) is 6.71. The van der Waals surface area contributed by atoms with Gasteiger partial charge in [0.2, 0.25) is 0 Å². The first-order chi connectivity index (χ1) is 8.70. The molecule has 4 nitrogen and oxygen atoms in total. The maximum absolute atomic E-state index is 7.56. The Hall–Kier alpha value is -1.42. The molecule has 0 radical (unpaired) electrons. The minimum absolute atomic E-state index is 0.0605. The normalized spacial score (nSPS) is 15.7. The molecule has 0 atom stereocenters. The Morgan fingerprint density at radius 2 is 2.33 bits per heavy atom. The van der Waals surface area contributed by atoms with Crippen LogP contribution in [0.3, 0.4) is 0 Å². The van der Waals surface area contributed by atoms with Gasteiger partial charge in [0.1, 0.15) is 11.5 Å². The van der Waals surface area contributed by atoms with Gasteiger partial charge in [-0.1, -0.05) is 19.4 Å². The zero-order chi connectivity index (χ0) is 13.0. The van der Waals surface area contributed by atoms with Crippen LogP contribution in [0.1, 0.15) is 37.4 Å². The van der Waals surface area contributed by atoms with Crippen molar-refractivity contribution in [2.24, 2.45) is 11.7 Å². The van der Waals surface area contributed by atoms with Crippen LogP contribution >= 0.6 is 0 Å². The van der Waals surface area contributed by atoms with Crippen LogP contribution in [0, 0.1) is 11.3 Å². The molecule has 1 aromatic heterocycles. The maximum Gasteiger partial charge on any atom is 0.142 e. The molecule has 4 heteroatoms. The molecule has 0 spiro atoms. The molecule has 98 valence electrons. The average Bonchev–Trinajstić information content (AvgIpc) is 2.32. The highest BCUT2D eigenvalue weighted by atomic mass is 15.1. The summed E-state index contributed by atoms with van der Waals surface area (Å²) in [4.78, 5) is 6.63. The molecule has 1 aliphatic carbocycles. The van der Waals surface area contributed by atoms with Gasteiger partial charge in [0.25, 0.3) is 0 Å². The summed E-state index contributed by atoms with van der Waals surface area (Å²) in [6.07, 6.45) is 5.81. The van der Waals surface area contributed by atoms with Gasteiger partial charge in [-0.3, -0.25) is 15.3 Å². The van der Waals surface area contributed by atoms with E-state index in [1.54, 1.807) is 6.20 Å². The second kappa shape index (κ2) is 5.96. The van der Waals surface area contributed by atoms with Gasteiger partial charge in [-0.05, 0) is 36.9 Å². The quantitative estimate of drug-likeness (QED) is 0.596.